The second-order valence-corrected chi connectivity index (χ2v) is 6.63. The summed E-state index contributed by atoms with van der Waals surface area (Å²) < 4.78 is 5.75. The fraction of sp³-hybridized carbons (Fsp3) is 0.100. The first-order chi connectivity index (χ1) is 12.5. The standard InChI is InChI=1S/C20H17Cl2N3O/c1-25(2)17-8-4-15(5-9-17)23-24-16-6-10-18(11-7-16)26-20-12-3-14(21)13-19(20)22/h3-13H,1-2H3. The first kappa shape index (κ1) is 18.2. The van der Waals surface area contributed by atoms with E-state index < -0.39 is 0 Å². The molecule has 0 unspecified atom stereocenters. The van der Waals surface area contributed by atoms with Gasteiger partial charge < -0.3 is 9.64 Å². The average molecular weight is 386 g/mol. The molecule has 0 N–H and O–H groups in total. The van der Waals surface area contributed by atoms with E-state index >= 15 is 0 Å². The predicted octanol–water partition coefficient (Wildman–Crippen LogP) is 7.27. The van der Waals surface area contributed by atoms with Crippen molar-refractivity contribution >= 4 is 40.3 Å². The number of benzene rings is 3. The summed E-state index contributed by atoms with van der Waals surface area (Å²) >= 11 is 12.0. The summed E-state index contributed by atoms with van der Waals surface area (Å²) in [5, 5.41) is 9.51. The molecule has 3 rings (SSSR count). The van der Waals surface area contributed by atoms with Gasteiger partial charge in [0.05, 0.1) is 16.4 Å². The van der Waals surface area contributed by atoms with E-state index in [1.165, 1.54) is 0 Å². The first-order valence-electron chi connectivity index (χ1n) is 7.93. The van der Waals surface area contributed by atoms with Gasteiger partial charge in [-0.3, -0.25) is 0 Å². The van der Waals surface area contributed by atoms with Crippen LogP contribution in [0.2, 0.25) is 10.0 Å². The van der Waals surface area contributed by atoms with E-state index in [1.54, 1.807) is 18.2 Å². The van der Waals surface area contributed by atoms with Crippen molar-refractivity contribution in [2.75, 3.05) is 19.0 Å². The third kappa shape index (κ3) is 4.75. The molecule has 0 saturated carbocycles. The van der Waals surface area contributed by atoms with Crippen LogP contribution in [0.25, 0.3) is 0 Å². The largest absolute Gasteiger partial charge is 0.456 e. The third-order valence-electron chi connectivity index (χ3n) is 3.61. The van der Waals surface area contributed by atoms with Gasteiger partial charge in [-0.25, -0.2) is 0 Å². The first-order valence-corrected chi connectivity index (χ1v) is 8.69. The van der Waals surface area contributed by atoms with E-state index in [1.807, 2.05) is 67.5 Å². The molecular weight excluding hydrogens is 369 g/mol. The van der Waals surface area contributed by atoms with Crippen LogP contribution >= 0.6 is 23.2 Å². The second-order valence-electron chi connectivity index (χ2n) is 5.78. The molecule has 132 valence electrons. The van der Waals surface area contributed by atoms with Crippen molar-refractivity contribution < 1.29 is 4.74 Å². The highest BCUT2D eigenvalue weighted by atomic mass is 35.5. The molecule has 0 heterocycles. The van der Waals surface area contributed by atoms with Crippen molar-refractivity contribution in [3.8, 4) is 11.5 Å². The zero-order valence-corrected chi connectivity index (χ0v) is 15.9. The molecule has 0 spiro atoms. The van der Waals surface area contributed by atoms with Gasteiger partial charge in [-0.2, -0.15) is 10.2 Å². The van der Waals surface area contributed by atoms with Crippen molar-refractivity contribution in [1.82, 2.24) is 0 Å². The van der Waals surface area contributed by atoms with E-state index in [0.717, 1.165) is 17.1 Å². The van der Waals surface area contributed by atoms with Gasteiger partial charge in [0.15, 0.2) is 0 Å². The zero-order valence-electron chi connectivity index (χ0n) is 14.4. The minimum atomic E-state index is 0.461. The maximum absolute atomic E-state index is 6.11. The van der Waals surface area contributed by atoms with Crippen LogP contribution in [0, 0.1) is 0 Å². The molecule has 0 saturated heterocycles. The maximum Gasteiger partial charge on any atom is 0.146 e. The highest BCUT2D eigenvalue weighted by Gasteiger charge is 2.04. The summed E-state index contributed by atoms with van der Waals surface area (Å²) in [5.41, 5.74) is 2.64. The Morgan fingerprint density at radius 3 is 1.88 bits per heavy atom. The molecular formula is C20H17Cl2N3O. The van der Waals surface area contributed by atoms with E-state index in [4.69, 9.17) is 27.9 Å². The summed E-state index contributed by atoms with van der Waals surface area (Å²) in [6, 6.07) is 20.3. The normalized spacial score (nSPS) is 10.9. The van der Waals surface area contributed by atoms with E-state index in [9.17, 15) is 0 Å². The Hall–Kier alpha value is -2.56. The van der Waals surface area contributed by atoms with Gasteiger partial charge in [0.25, 0.3) is 0 Å². The molecule has 6 heteroatoms. The SMILES string of the molecule is CN(C)c1ccc(N=Nc2ccc(Oc3ccc(Cl)cc3Cl)cc2)cc1. The van der Waals surface area contributed by atoms with Crippen molar-refractivity contribution in [1.29, 1.82) is 0 Å². The summed E-state index contributed by atoms with van der Waals surface area (Å²) in [4.78, 5) is 2.03. The molecule has 4 nitrogen and oxygen atoms in total. The minimum absolute atomic E-state index is 0.461. The van der Waals surface area contributed by atoms with Crippen LogP contribution in [0.5, 0.6) is 11.5 Å². The molecule has 3 aromatic carbocycles. The lowest BCUT2D eigenvalue weighted by atomic mass is 10.3. The van der Waals surface area contributed by atoms with Crippen LogP contribution in [-0.4, -0.2) is 14.1 Å². The number of anilines is 1. The molecule has 0 amide bonds. The molecule has 0 aliphatic carbocycles. The van der Waals surface area contributed by atoms with Gasteiger partial charge in [-0.05, 0) is 66.7 Å². The Kier molecular flexibility index (Phi) is 5.76. The van der Waals surface area contributed by atoms with Gasteiger partial charge in [0.2, 0.25) is 0 Å². The molecule has 0 aliphatic rings. The molecule has 0 radical (unpaired) electrons. The van der Waals surface area contributed by atoms with Crippen molar-refractivity contribution in [2.45, 2.75) is 0 Å². The molecule has 0 aliphatic heterocycles. The number of azo groups is 1. The quantitative estimate of drug-likeness (QED) is 0.433. The molecule has 0 bridgehead atoms. The van der Waals surface area contributed by atoms with E-state index in [0.29, 0.717) is 21.5 Å². The Morgan fingerprint density at radius 2 is 1.35 bits per heavy atom. The van der Waals surface area contributed by atoms with Crippen LogP contribution in [0.4, 0.5) is 17.1 Å². The van der Waals surface area contributed by atoms with Crippen molar-refractivity contribution in [3.05, 3.63) is 76.8 Å². The fourth-order valence-electron chi connectivity index (χ4n) is 2.20. The monoisotopic (exact) mass is 385 g/mol. The van der Waals surface area contributed by atoms with Gasteiger partial charge in [-0.1, -0.05) is 23.2 Å². The fourth-order valence-corrected chi connectivity index (χ4v) is 2.65. The lowest BCUT2D eigenvalue weighted by molar-refractivity contribution is 0.483. The Bertz CT molecular complexity index is 907. The topological polar surface area (TPSA) is 37.2 Å². The van der Waals surface area contributed by atoms with Gasteiger partial charge in [0.1, 0.15) is 11.5 Å². The third-order valence-corrected chi connectivity index (χ3v) is 4.14. The number of hydrogen-bond donors (Lipinski definition) is 0. The van der Waals surface area contributed by atoms with Gasteiger partial charge in [0, 0.05) is 24.8 Å². The van der Waals surface area contributed by atoms with E-state index in [2.05, 4.69) is 10.2 Å². The summed E-state index contributed by atoms with van der Waals surface area (Å²) in [5.74, 6) is 1.20. The lowest BCUT2D eigenvalue weighted by Crippen LogP contribution is -2.07. The lowest BCUT2D eigenvalue weighted by Gasteiger charge is -2.11. The van der Waals surface area contributed by atoms with Gasteiger partial charge in [-0.15, -0.1) is 0 Å². The number of nitrogens with zero attached hydrogens (tertiary/aromatic N) is 3. The minimum Gasteiger partial charge on any atom is -0.456 e. The van der Waals surface area contributed by atoms with Crippen LogP contribution in [0.1, 0.15) is 0 Å². The van der Waals surface area contributed by atoms with Crippen LogP contribution < -0.4 is 9.64 Å². The number of hydrogen-bond acceptors (Lipinski definition) is 4. The highest BCUT2D eigenvalue weighted by Crippen LogP contribution is 2.32. The smallest absolute Gasteiger partial charge is 0.146 e. The average Bonchev–Trinajstić information content (AvgIpc) is 2.64. The molecule has 26 heavy (non-hydrogen) atoms. The van der Waals surface area contributed by atoms with Crippen LogP contribution in [0.3, 0.4) is 0 Å². The molecule has 0 fully saturated rings. The zero-order chi connectivity index (χ0) is 18.5. The van der Waals surface area contributed by atoms with Crippen LogP contribution in [-0.2, 0) is 0 Å². The summed E-state index contributed by atoms with van der Waals surface area (Å²) in [7, 11) is 3.99. The number of halogens is 2. The number of ether oxygens (including phenoxy) is 1. The van der Waals surface area contributed by atoms with E-state index in [-0.39, 0.29) is 0 Å². The van der Waals surface area contributed by atoms with Gasteiger partial charge >= 0.3 is 0 Å². The maximum atomic E-state index is 6.11. The molecule has 0 aromatic heterocycles. The Morgan fingerprint density at radius 1 is 0.769 bits per heavy atom. The predicted molar refractivity (Wildman–Crippen MR) is 108 cm³/mol. The van der Waals surface area contributed by atoms with Crippen molar-refractivity contribution in [2.24, 2.45) is 10.2 Å². The Labute approximate surface area is 162 Å². The number of rotatable bonds is 5. The Balaban J connectivity index is 1.67. The summed E-state index contributed by atoms with van der Waals surface area (Å²) in [6.45, 7) is 0. The van der Waals surface area contributed by atoms with Crippen LogP contribution in [0.15, 0.2) is 77.0 Å². The second kappa shape index (κ2) is 8.21. The molecule has 0 atom stereocenters. The summed E-state index contributed by atoms with van der Waals surface area (Å²) in [6.07, 6.45) is 0. The molecule has 3 aromatic rings. The highest BCUT2D eigenvalue weighted by molar-refractivity contribution is 6.35. The van der Waals surface area contributed by atoms with Crippen molar-refractivity contribution in [3.63, 3.8) is 0 Å².